The fourth-order valence-electron chi connectivity index (χ4n) is 1.88. The van der Waals surface area contributed by atoms with Gasteiger partial charge in [0.15, 0.2) is 0 Å². The Labute approximate surface area is 128 Å². The van der Waals surface area contributed by atoms with E-state index in [1.807, 2.05) is 39.0 Å². The summed E-state index contributed by atoms with van der Waals surface area (Å²) in [6.45, 7) is 12.2. The van der Waals surface area contributed by atoms with Crippen LogP contribution in [0.1, 0.15) is 47.1 Å². The molecule has 1 rings (SSSR count). The largest absolute Gasteiger partial charge is 0.495 e. The molecule has 0 radical (unpaired) electrons. The van der Waals surface area contributed by atoms with Gasteiger partial charge in [-0.25, -0.2) is 0 Å². The Kier molecular flexibility index (Phi) is 5.05. The quantitative estimate of drug-likeness (QED) is 0.898. The normalized spacial score (nSPS) is 13.7. The molecule has 0 heterocycles. The molecular weight excluding hydrogens is 264 g/mol. The molecule has 3 N–H and O–H groups in total. The van der Waals surface area contributed by atoms with E-state index in [9.17, 15) is 4.79 Å². The number of methoxy groups -OCH3 is 1. The lowest BCUT2D eigenvalue weighted by molar-refractivity contribution is -0.119. The van der Waals surface area contributed by atoms with E-state index in [0.29, 0.717) is 11.4 Å². The fourth-order valence-corrected chi connectivity index (χ4v) is 1.88. The first-order valence-electron chi connectivity index (χ1n) is 7.22. The molecule has 4 nitrogen and oxygen atoms in total. The molecule has 0 aliphatic carbocycles. The third-order valence-electron chi connectivity index (χ3n) is 3.54. The van der Waals surface area contributed by atoms with Gasteiger partial charge >= 0.3 is 0 Å². The summed E-state index contributed by atoms with van der Waals surface area (Å²) in [6.07, 6.45) is 0. The van der Waals surface area contributed by atoms with Gasteiger partial charge in [0.2, 0.25) is 5.91 Å². The molecule has 118 valence electrons. The van der Waals surface area contributed by atoms with Crippen LogP contribution < -0.4 is 15.8 Å². The Hall–Kier alpha value is -1.55. The summed E-state index contributed by atoms with van der Waals surface area (Å²) in [6, 6.07) is 5.25. The van der Waals surface area contributed by atoms with Crippen molar-refractivity contribution in [2.75, 3.05) is 12.4 Å². The Bertz CT molecular complexity index is 511. The van der Waals surface area contributed by atoms with Crippen LogP contribution in [0.5, 0.6) is 5.75 Å². The number of nitrogens with two attached hydrogens (primary N) is 1. The second kappa shape index (κ2) is 6.06. The number of rotatable bonds is 3. The molecular formula is C17H28N2O2. The van der Waals surface area contributed by atoms with Crippen molar-refractivity contribution >= 4 is 11.6 Å². The summed E-state index contributed by atoms with van der Waals surface area (Å²) in [5, 5.41) is 2.89. The number of amides is 1. The number of benzene rings is 1. The maximum atomic E-state index is 12.3. The molecule has 1 amide bonds. The van der Waals surface area contributed by atoms with Crippen LogP contribution in [0.15, 0.2) is 18.2 Å². The molecule has 0 unspecified atom stereocenters. The first-order chi connectivity index (χ1) is 9.46. The van der Waals surface area contributed by atoms with E-state index in [1.54, 1.807) is 7.11 Å². The Morgan fingerprint density at radius 1 is 1.19 bits per heavy atom. The minimum atomic E-state index is -0.583. The molecule has 0 aliphatic heterocycles. The van der Waals surface area contributed by atoms with E-state index < -0.39 is 6.04 Å². The molecule has 1 atom stereocenters. The molecule has 0 fully saturated rings. The number of nitrogens with one attached hydrogen (secondary N) is 1. The number of anilines is 1. The zero-order valence-electron chi connectivity index (χ0n) is 14.2. The van der Waals surface area contributed by atoms with Crippen LogP contribution in [0.2, 0.25) is 0 Å². The first kappa shape index (κ1) is 17.5. The van der Waals surface area contributed by atoms with E-state index in [-0.39, 0.29) is 16.7 Å². The maximum Gasteiger partial charge on any atom is 0.241 e. The molecule has 1 aromatic rings. The van der Waals surface area contributed by atoms with Gasteiger partial charge in [-0.2, -0.15) is 0 Å². The smallest absolute Gasteiger partial charge is 0.241 e. The number of ether oxygens (including phenoxy) is 1. The summed E-state index contributed by atoms with van der Waals surface area (Å²) in [4.78, 5) is 12.3. The number of carbonyl (C=O) groups is 1. The lowest BCUT2D eigenvalue weighted by Crippen LogP contribution is -2.45. The number of carbonyl (C=O) groups excluding carboxylic acids is 1. The van der Waals surface area contributed by atoms with Crippen LogP contribution in [-0.4, -0.2) is 19.1 Å². The summed E-state index contributed by atoms with van der Waals surface area (Å²) < 4.78 is 5.32. The van der Waals surface area contributed by atoms with Gasteiger partial charge in [0.05, 0.1) is 18.8 Å². The van der Waals surface area contributed by atoms with Gasteiger partial charge in [0.1, 0.15) is 5.75 Å². The van der Waals surface area contributed by atoms with Crippen LogP contribution in [0, 0.1) is 5.41 Å². The molecule has 1 aromatic carbocycles. The lowest BCUT2D eigenvalue weighted by Gasteiger charge is -2.27. The minimum Gasteiger partial charge on any atom is -0.495 e. The summed E-state index contributed by atoms with van der Waals surface area (Å²) in [5.74, 6) is 0.435. The predicted molar refractivity (Wildman–Crippen MR) is 87.8 cm³/mol. The second-order valence-electron chi connectivity index (χ2n) is 7.50. The molecule has 0 bridgehead atoms. The molecule has 0 saturated heterocycles. The highest BCUT2D eigenvalue weighted by Gasteiger charge is 2.28. The van der Waals surface area contributed by atoms with Crippen molar-refractivity contribution in [3.8, 4) is 5.75 Å². The van der Waals surface area contributed by atoms with Crippen molar-refractivity contribution < 1.29 is 9.53 Å². The Balaban J connectivity index is 3.09. The highest BCUT2D eigenvalue weighted by Crippen LogP contribution is 2.32. The fraction of sp³-hybridized carbons (Fsp3) is 0.588. The predicted octanol–water partition coefficient (Wildman–Crippen LogP) is 3.30. The van der Waals surface area contributed by atoms with Crippen molar-refractivity contribution in [1.29, 1.82) is 0 Å². The van der Waals surface area contributed by atoms with Crippen LogP contribution in [0.25, 0.3) is 0 Å². The summed E-state index contributed by atoms with van der Waals surface area (Å²) >= 11 is 0. The van der Waals surface area contributed by atoms with E-state index in [4.69, 9.17) is 10.5 Å². The van der Waals surface area contributed by atoms with Crippen LogP contribution >= 0.6 is 0 Å². The van der Waals surface area contributed by atoms with Gasteiger partial charge < -0.3 is 15.8 Å². The van der Waals surface area contributed by atoms with E-state index in [0.717, 1.165) is 5.56 Å². The zero-order valence-corrected chi connectivity index (χ0v) is 14.2. The van der Waals surface area contributed by atoms with E-state index in [1.165, 1.54) is 0 Å². The van der Waals surface area contributed by atoms with Gasteiger partial charge in [-0.3, -0.25) is 4.79 Å². The summed E-state index contributed by atoms with van der Waals surface area (Å²) in [7, 11) is 1.59. The van der Waals surface area contributed by atoms with Gasteiger partial charge in [-0.15, -0.1) is 0 Å². The van der Waals surface area contributed by atoms with E-state index >= 15 is 0 Å². The lowest BCUT2D eigenvalue weighted by atomic mass is 9.86. The molecule has 4 heteroatoms. The molecule has 0 aromatic heterocycles. The zero-order chi connectivity index (χ0) is 16.4. The third kappa shape index (κ3) is 4.46. The van der Waals surface area contributed by atoms with Crippen molar-refractivity contribution in [3.63, 3.8) is 0 Å². The third-order valence-corrected chi connectivity index (χ3v) is 3.54. The number of hydrogen-bond donors (Lipinski definition) is 2. The van der Waals surface area contributed by atoms with Gasteiger partial charge in [0, 0.05) is 0 Å². The van der Waals surface area contributed by atoms with Crippen molar-refractivity contribution in [2.24, 2.45) is 11.1 Å². The SMILES string of the molecule is COc1ccc(C(C)(C)C)cc1NC(=O)[C@H](N)C(C)(C)C. The average molecular weight is 292 g/mol. The maximum absolute atomic E-state index is 12.3. The standard InChI is InChI=1S/C17H28N2O2/c1-16(2,3)11-8-9-13(21-7)12(10-11)19-15(20)14(18)17(4,5)6/h8-10,14H,18H2,1-7H3,(H,19,20)/t14-/m0/s1. The topological polar surface area (TPSA) is 64.3 Å². The Morgan fingerprint density at radius 2 is 1.76 bits per heavy atom. The molecule has 0 spiro atoms. The molecule has 0 aliphatic rings. The summed E-state index contributed by atoms with van der Waals surface area (Å²) in [5.41, 5.74) is 7.50. The van der Waals surface area contributed by atoms with Gasteiger partial charge in [0.25, 0.3) is 0 Å². The number of hydrogen-bond acceptors (Lipinski definition) is 3. The molecule has 0 saturated carbocycles. The second-order valence-corrected chi connectivity index (χ2v) is 7.50. The van der Waals surface area contributed by atoms with E-state index in [2.05, 4.69) is 26.1 Å². The van der Waals surface area contributed by atoms with Crippen molar-refractivity contribution in [2.45, 2.75) is 53.0 Å². The van der Waals surface area contributed by atoms with Crippen molar-refractivity contribution in [3.05, 3.63) is 23.8 Å². The van der Waals surface area contributed by atoms with Gasteiger partial charge in [-0.05, 0) is 28.5 Å². The average Bonchev–Trinajstić information content (AvgIpc) is 2.35. The van der Waals surface area contributed by atoms with Crippen LogP contribution in [0.3, 0.4) is 0 Å². The van der Waals surface area contributed by atoms with Crippen molar-refractivity contribution in [1.82, 2.24) is 0 Å². The first-order valence-corrected chi connectivity index (χ1v) is 7.22. The van der Waals surface area contributed by atoms with Crippen LogP contribution in [0.4, 0.5) is 5.69 Å². The monoisotopic (exact) mass is 292 g/mol. The minimum absolute atomic E-state index is 0.00209. The highest BCUT2D eigenvalue weighted by molar-refractivity contribution is 5.96. The van der Waals surface area contributed by atoms with Gasteiger partial charge in [-0.1, -0.05) is 47.6 Å². The highest BCUT2D eigenvalue weighted by atomic mass is 16.5. The Morgan fingerprint density at radius 3 is 2.19 bits per heavy atom. The molecule has 21 heavy (non-hydrogen) atoms. The van der Waals surface area contributed by atoms with Crippen LogP contribution in [-0.2, 0) is 10.2 Å².